The van der Waals surface area contributed by atoms with Crippen molar-refractivity contribution in [2.24, 2.45) is 0 Å². The van der Waals surface area contributed by atoms with Gasteiger partial charge >= 0.3 is 0 Å². The summed E-state index contributed by atoms with van der Waals surface area (Å²) in [7, 11) is 0. The van der Waals surface area contributed by atoms with Crippen molar-refractivity contribution < 1.29 is 4.52 Å². The van der Waals surface area contributed by atoms with Gasteiger partial charge in [0.1, 0.15) is 5.69 Å². The molecule has 84 valence electrons. The molecule has 0 aliphatic heterocycles. The molecule has 3 aromatic heterocycles. The molecule has 0 unspecified atom stereocenters. The van der Waals surface area contributed by atoms with Crippen LogP contribution in [-0.4, -0.2) is 15.4 Å². The standard InChI is InChI=1S/C11H8N4OS/c12-11-9(8-2-1-5-17-8)10(15-16-11)7-3-4-13-14-6-7/h1-6H,12H2. The molecule has 0 spiro atoms. The van der Waals surface area contributed by atoms with Crippen LogP contribution in [0.5, 0.6) is 0 Å². The number of nitrogens with two attached hydrogens (primary N) is 1. The Labute approximate surface area is 101 Å². The van der Waals surface area contributed by atoms with E-state index in [1.54, 1.807) is 23.7 Å². The van der Waals surface area contributed by atoms with Crippen molar-refractivity contribution in [1.29, 1.82) is 0 Å². The minimum absolute atomic E-state index is 0.319. The second kappa shape index (κ2) is 3.99. The fraction of sp³-hybridized carbons (Fsp3) is 0. The lowest BCUT2D eigenvalue weighted by Crippen LogP contribution is -1.87. The number of hydrogen-bond donors (Lipinski definition) is 1. The summed E-state index contributed by atoms with van der Waals surface area (Å²) in [4.78, 5) is 1.02. The Morgan fingerprint density at radius 3 is 2.88 bits per heavy atom. The van der Waals surface area contributed by atoms with Gasteiger partial charge in [-0.2, -0.15) is 10.2 Å². The summed E-state index contributed by atoms with van der Waals surface area (Å²) in [6.07, 6.45) is 3.24. The predicted molar refractivity (Wildman–Crippen MR) is 65.3 cm³/mol. The van der Waals surface area contributed by atoms with E-state index in [0.717, 1.165) is 16.0 Å². The van der Waals surface area contributed by atoms with Crippen LogP contribution in [0.3, 0.4) is 0 Å². The number of aromatic nitrogens is 3. The molecule has 3 heterocycles. The minimum atomic E-state index is 0.319. The minimum Gasteiger partial charge on any atom is -0.367 e. The fourth-order valence-electron chi connectivity index (χ4n) is 1.59. The van der Waals surface area contributed by atoms with Crippen molar-refractivity contribution in [3.8, 4) is 21.7 Å². The molecule has 0 saturated heterocycles. The zero-order valence-electron chi connectivity index (χ0n) is 8.70. The van der Waals surface area contributed by atoms with E-state index in [-0.39, 0.29) is 0 Å². The van der Waals surface area contributed by atoms with Crippen LogP contribution < -0.4 is 5.73 Å². The number of anilines is 1. The molecule has 3 aromatic rings. The largest absolute Gasteiger partial charge is 0.367 e. The van der Waals surface area contributed by atoms with E-state index in [1.165, 1.54) is 0 Å². The lowest BCUT2D eigenvalue weighted by molar-refractivity contribution is 0.439. The van der Waals surface area contributed by atoms with E-state index in [4.69, 9.17) is 10.3 Å². The number of rotatable bonds is 2. The molecule has 0 fully saturated rings. The van der Waals surface area contributed by atoms with Crippen LogP contribution in [-0.2, 0) is 0 Å². The van der Waals surface area contributed by atoms with Crippen molar-refractivity contribution in [1.82, 2.24) is 15.4 Å². The smallest absolute Gasteiger partial charge is 0.231 e. The summed E-state index contributed by atoms with van der Waals surface area (Å²) in [5, 5.41) is 13.5. The van der Waals surface area contributed by atoms with Gasteiger partial charge in [-0.05, 0) is 17.5 Å². The molecule has 5 nitrogen and oxygen atoms in total. The van der Waals surface area contributed by atoms with Gasteiger partial charge in [-0.15, -0.1) is 11.3 Å². The highest BCUT2D eigenvalue weighted by Gasteiger charge is 2.18. The van der Waals surface area contributed by atoms with Crippen LogP contribution in [0, 0.1) is 0 Å². The van der Waals surface area contributed by atoms with E-state index < -0.39 is 0 Å². The van der Waals surface area contributed by atoms with Gasteiger partial charge in [0.2, 0.25) is 5.88 Å². The maximum atomic E-state index is 5.81. The summed E-state index contributed by atoms with van der Waals surface area (Å²) < 4.78 is 5.06. The van der Waals surface area contributed by atoms with Gasteiger partial charge in [0.15, 0.2) is 0 Å². The Morgan fingerprint density at radius 1 is 1.24 bits per heavy atom. The SMILES string of the molecule is Nc1onc(-c2ccnnc2)c1-c1cccs1. The highest BCUT2D eigenvalue weighted by molar-refractivity contribution is 7.13. The lowest BCUT2D eigenvalue weighted by Gasteiger charge is -1.98. The Morgan fingerprint density at radius 2 is 2.18 bits per heavy atom. The fourth-order valence-corrected chi connectivity index (χ4v) is 2.37. The lowest BCUT2D eigenvalue weighted by atomic mass is 10.1. The third-order valence-electron chi connectivity index (χ3n) is 2.34. The predicted octanol–water partition coefficient (Wildman–Crippen LogP) is 2.44. The van der Waals surface area contributed by atoms with Crippen molar-refractivity contribution >= 4 is 17.2 Å². The molecule has 0 aliphatic carbocycles. The zero-order valence-corrected chi connectivity index (χ0v) is 9.52. The van der Waals surface area contributed by atoms with Gasteiger partial charge in [-0.3, -0.25) is 0 Å². The second-order valence-corrected chi connectivity index (χ2v) is 4.33. The van der Waals surface area contributed by atoms with E-state index >= 15 is 0 Å². The first kappa shape index (κ1) is 9.98. The summed E-state index contributed by atoms with van der Waals surface area (Å²) in [5.41, 5.74) is 8.16. The maximum absolute atomic E-state index is 5.81. The Bertz CT molecular complexity index is 618. The van der Waals surface area contributed by atoms with Gasteiger partial charge in [0.25, 0.3) is 0 Å². The van der Waals surface area contributed by atoms with Gasteiger partial charge in [-0.1, -0.05) is 11.2 Å². The molecule has 0 radical (unpaired) electrons. The Kier molecular flexibility index (Phi) is 2.34. The van der Waals surface area contributed by atoms with E-state index in [9.17, 15) is 0 Å². The molecule has 0 bridgehead atoms. The van der Waals surface area contributed by atoms with Gasteiger partial charge < -0.3 is 10.3 Å². The Balaban J connectivity index is 2.20. The molecule has 0 aliphatic rings. The van der Waals surface area contributed by atoms with Crippen molar-refractivity contribution in [2.45, 2.75) is 0 Å². The van der Waals surface area contributed by atoms with Gasteiger partial charge in [0, 0.05) is 10.4 Å². The average molecular weight is 244 g/mol. The molecule has 3 rings (SSSR count). The van der Waals surface area contributed by atoms with Crippen LogP contribution in [0.1, 0.15) is 0 Å². The molecule has 0 saturated carbocycles. The number of hydrogen-bond acceptors (Lipinski definition) is 6. The van der Waals surface area contributed by atoms with Gasteiger partial charge in [0.05, 0.1) is 18.0 Å². The maximum Gasteiger partial charge on any atom is 0.231 e. The normalized spacial score (nSPS) is 10.6. The van der Waals surface area contributed by atoms with Crippen LogP contribution in [0.4, 0.5) is 5.88 Å². The zero-order chi connectivity index (χ0) is 11.7. The van der Waals surface area contributed by atoms with E-state index in [2.05, 4.69) is 15.4 Å². The molecule has 0 atom stereocenters. The summed E-state index contributed by atoms with van der Waals surface area (Å²) in [6, 6.07) is 5.76. The third-order valence-corrected chi connectivity index (χ3v) is 3.23. The molecule has 2 N–H and O–H groups in total. The Hall–Kier alpha value is -2.21. The number of nitrogens with zero attached hydrogens (tertiary/aromatic N) is 3. The number of nitrogen functional groups attached to an aromatic ring is 1. The highest BCUT2D eigenvalue weighted by atomic mass is 32.1. The van der Waals surface area contributed by atoms with Crippen LogP contribution in [0.2, 0.25) is 0 Å². The second-order valence-electron chi connectivity index (χ2n) is 3.38. The van der Waals surface area contributed by atoms with Crippen molar-refractivity contribution in [3.05, 3.63) is 36.0 Å². The summed E-state index contributed by atoms with van der Waals surface area (Å²) in [5.74, 6) is 0.319. The average Bonchev–Trinajstić information content (AvgIpc) is 2.99. The van der Waals surface area contributed by atoms with Gasteiger partial charge in [-0.25, -0.2) is 0 Å². The topological polar surface area (TPSA) is 77.8 Å². The molecule has 0 amide bonds. The van der Waals surface area contributed by atoms with Crippen LogP contribution >= 0.6 is 11.3 Å². The van der Waals surface area contributed by atoms with Crippen molar-refractivity contribution in [2.75, 3.05) is 5.73 Å². The number of thiophene rings is 1. The van der Waals surface area contributed by atoms with E-state index in [1.807, 2.05) is 23.6 Å². The van der Waals surface area contributed by atoms with Crippen molar-refractivity contribution in [3.63, 3.8) is 0 Å². The molecule has 6 heteroatoms. The monoisotopic (exact) mass is 244 g/mol. The van der Waals surface area contributed by atoms with Crippen LogP contribution in [0.25, 0.3) is 21.7 Å². The van der Waals surface area contributed by atoms with E-state index in [0.29, 0.717) is 11.6 Å². The molecule has 0 aromatic carbocycles. The molecular weight excluding hydrogens is 236 g/mol. The highest BCUT2D eigenvalue weighted by Crippen LogP contribution is 2.37. The first-order valence-corrected chi connectivity index (χ1v) is 5.80. The molecular formula is C11H8N4OS. The summed E-state index contributed by atoms with van der Waals surface area (Å²) in [6.45, 7) is 0. The van der Waals surface area contributed by atoms with Crippen LogP contribution in [0.15, 0.2) is 40.5 Å². The third kappa shape index (κ3) is 1.68. The first-order valence-electron chi connectivity index (χ1n) is 4.92. The first-order chi connectivity index (χ1) is 8.36. The molecule has 17 heavy (non-hydrogen) atoms. The summed E-state index contributed by atoms with van der Waals surface area (Å²) >= 11 is 1.59. The quantitative estimate of drug-likeness (QED) is 0.749.